The summed E-state index contributed by atoms with van der Waals surface area (Å²) in [5.41, 5.74) is 1.46. The van der Waals surface area contributed by atoms with Crippen molar-refractivity contribution in [1.82, 2.24) is 4.90 Å². The summed E-state index contributed by atoms with van der Waals surface area (Å²) in [6.45, 7) is 0.544. The summed E-state index contributed by atoms with van der Waals surface area (Å²) < 4.78 is 38.5. The molecule has 0 saturated heterocycles. The number of alkyl halides is 3. The molecule has 4 nitrogen and oxygen atoms in total. The van der Waals surface area contributed by atoms with Gasteiger partial charge in [0.2, 0.25) is 5.91 Å². The molecular weight excluding hydrogens is 429 g/mol. The number of oxime groups is 1. The van der Waals surface area contributed by atoms with Crippen molar-refractivity contribution in [2.75, 3.05) is 6.54 Å². The van der Waals surface area contributed by atoms with Crippen molar-refractivity contribution >= 4 is 23.2 Å². The SMILES string of the molecule is O=C(C1CCC1)N(Cc1ccc(C(F)(F)F)cc1)CC1CC(c2ccccc2Cl)=NO1. The Balaban J connectivity index is 1.45. The molecule has 2 aliphatic rings. The van der Waals surface area contributed by atoms with Crippen LogP contribution in [0.1, 0.15) is 42.4 Å². The lowest BCUT2D eigenvalue weighted by Crippen LogP contribution is -2.42. The van der Waals surface area contributed by atoms with E-state index in [9.17, 15) is 18.0 Å². The van der Waals surface area contributed by atoms with Crippen LogP contribution in [0.15, 0.2) is 53.7 Å². The monoisotopic (exact) mass is 450 g/mol. The fourth-order valence-corrected chi connectivity index (χ4v) is 4.04. The van der Waals surface area contributed by atoms with E-state index in [2.05, 4.69) is 5.16 Å². The van der Waals surface area contributed by atoms with Gasteiger partial charge >= 0.3 is 6.18 Å². The van der Waals surface area contributed by atoms with Crippen molar-refractivity contribution in [2.24, 2.45) is 11.1 Å². The smallest absolute Gasteiger partial charge is 0.390 e. The molecule has 1 amide bonds. The Kier molecular flexibility index (Phi) is 6.23. The van der Waals surface area contributed by atoms with E-state index in [-0.39, 0.29) is 24.5 Å². The summed E-state index contributed by atoms with van der Waals surface area (Å²) in [6.07, 6.45) is -1.51. The van der Waals surface area contributed by atoms with Gasteiger partial charge in [0.05, 0.1) is 17.8 Å². The Labute approximate surface area is 183 Å². The topological polar surface area (TPSA) is 41.9 Å². The minimum atomic E-state index is -4.38. The third-order valence-corrected chi connectivity index (χ3v) is 6.09. The molecule has 0 bridgehead atoms. The molecule has 31 heavy (non-hydrogen) atoms. The number of benzene rings is 2. The summed E-state index contributed by atoms with van der Waals surface area (Å²) in [5, 5.41) is 4.74. The summed E-state index contributed by atoms with van der Waals surface area (Å²) in [6, 6.07) is 12.3. The van der Waals surface area contributed by atoms with Crippen molar-refractivity contribution < 1.29 is 22.8 Å². The van der Waals surface area contributed by atoms with Crippen LogP contribution in [0.3, 0.4) is 0 Å². The fraction of sp³-hybridized carbons (Fsp3) is 0.391. The summed E-state index contributed by atoms with van der Waals surface area (Å²) in [7, 11) is 0. The quantitative estimate of drug-likeness (QED) is 0.568. The predicted molar refractivity (Wildman–Crippen MR) is 112 cm³/mol. The molecule has 4 rings (SSSR count). The van der Waals surface area contributed by atoms with E-state index in [1.165, 1.54) is 12.1 Å². The van der Waals surface area contributed by atoms with Gasteiger partial charge in [0.25, 0.3) is 0 Å². The van der Waals surface area contributed by atoms with Crippen LogP contribution in [-0.2, 0) is 22.4 Å². The van der Waals surface area contributed by atoms with Crippen LogP contribution in [0.4, 0.5) is 13.2 Å². The standard InChI is InChI=1S/C23H22ClF3N2O2/c24-20-7-2-1-6-19(20)21-12-18(31-28-21)14-29(22(30)16-4-3-5-16)13-15-8-10-17(11-9-15)23(25,26)27/h1-2,6-11,16,18H,3-5,12-14H2. The molecular formula is C23H22ClF3N2O2. The number of rotatable bonds is 6. The molecule has 0 spiro atoms. The van der Waals surface area contributed by atoms with Gasteiger partial charge in [-0.05, 0) is 36.6 Å². The molecule has 1 saturated carbocycles. The Morgan fingerprint density at radius 3 is 2.45 bits per heavy atom. The average Bonchev–Trinajstić information content (AvgIpc) is 3.14. The van der Waals surface area contributed by atoms with E-state index in [1.54, 1.807) is 11.0 Å². The first-order chi connectivity index (χ1) is 14.8. The maximum Gasteiger partial charge on any atom is 0.416 e. The Hall–Kier alpha value is -2.54. The van der Waals surface area contributed by atoms with E-state index >= 15 is 0 Å². The van der Waals surface area contributed by atoms with Gasteiger partial charge in [0, 0.05) is 29.5 Å². The maximum absolute atomic E-state index is 13.0. The van der Waals surface area contributed by atoms with Gasteiger partial charge in [0.1, 0.15) is 0 Å². The van der Waals surface area contributed by atoms with Crippen molar-refractivity contribution in [2.45, 2.75) is 44.5 Å². The average molecular weight is 451 g/mol. The van der Waals surface area contributed by atoms with Crippen LogP contribution >= 0.6 is 11.6 Å². The van der Waals surface area contributed by atoms with E-state index < -0.39 is 11.7 Å². The highest BCUT2D eigenvalue weighted by Gasteiger charge is 2.34. The fourth-order valence-electron chi connectivity index (χ4n) is 3.79. The molecule has 1 aliphatic heterocycles. The first kappa shape index (κ1) is 21.7. The van der Waals surface area contributed by atoms with Gasteiger partial charge in [-0.3, -0.25) is 4.79 Å². The molecule has 2 aromatic rings. The van der Waals surface area contributed by atoms with E-state index in [0.29, 0.717) is 23.6 Å². The molecule has 2 aromatic carbocycles. The molecule has 8 heteroatoms. The second-order valence-corrected chi connectivity index (χ2v) is 8.40. The normalized spacial score (nSPS) is 18.8. The van der Waals surface area contributed by atoms with Gasteiger partial charge in [-0.2, -0.15) is 13.2 Å². The van der Waals surface area contributed by atoms with Crippen molar-refractivity contribution in [1.29, 1.82) is 0 Å². The van der Waals surface area contributed by atoms with Crippen LogP contribution in [0.2, 0.25) is 5.02 Å². The molecule has 1 aliphatic carbocycles. The van der Waals surface area contributed by atoms with Crippen LogP contribution in [0.25, 0.3) is 0 Å². The second kappa shape index (κ2) is 8.91. The van der Waals surface area contributed by atoms with Gasteiger partial charge in [-0.1, -0.05) is 53.5 Å². The highest BCUT2D eigenvalue weighted by atomic mass is 35.5. The van der Waals surface area contributed by atoms with Gasteiger partial charge < -0.3 is 9.74 Å². The van der Waals surface area contributed by atoms with Gasteiger partial charge in [-0.15, -0.1) is 0 Å². The van der Waals surface area contributed by atoms with Crippen molar-refractivity contribution in [3.63, 3.8) is 0 Å². The number of carbonyl (C=O) groups excluding carboxylic acids is 1. The van der Waals surface area contributed by atoms with Crippen LogP contribution in [-0.4, -0.2) is 29.2 Å². The molecule has 1 fully saturated rings. The Bertz CT molecular complexity index is 972. The highest BCUT2D eigenvalue weighted by molar-refractivity contribution is 6.34. The molecule has 0 radical (unpaired) electrons. The van der Waals surface area contributed by atoms with Crippen molar-refractivity contribution in [3.8, 4) is 0 Å². The summed E-state index contributed by atoms with van der Waals surface area (Å²) in [5.74, 6) is -0.0132. The Morgan fingerprint density at radius 1 is 1.13 bits per heavy atom. The number of hydrogen-bond donors (Lipinski definition) is 0. The molecule has 1 heterocycles. The first-order valence-corrected chi connectivity index (χ1v) is 10.6. The van der Waals surface area contributed by atoms with E-state index in [4.69, 9.17) is 16.4 Å². The van der Waals surface area contributed by atoms with Gasteiger partial charge in [0.15, 0.2) is 6.10 Å². The lowest BCUT2D eigenvalue weighted by Gasteiger charge is -2.32. The molecule has 1 atom stereocenters. The minimum absolute atomic E-state index is 0.0148. The van der Waals surface area contributed by atoms with E-state index in [0.717, 1.165) is 42.7 Å². The summed E-state index contributed by atoms with van der Waals surface area (Å²) in [4.78, 5) is 20.2. The molecule has 164 valence electrons. The number of nitrogens with zero attached hydrogens (tertiary/aromatic N) is 2. The molecule has 0 N–H and O–H groups in total. The van der Waals surface area contributed by atoms with Crippen LogP contribution in [0, 0.1) is 5.92 Å². The Morgan fingerprint density at radius 2 is 1.84 bits per heavy atom. The van der Waals surface area contributed by atoms with Gasteiger partial charge in [-0.25, -0.2) is 0 Å². The second-order valence-electron chi connectivity index (χ2n) is 7.99. The first-order valence-electron chi connectivity index (χ1n) is 10.2. The van der Waals surface area contributed by atoms with Crippen LogP contribution < -0.4 is 0 Å². The predicted octanol–water partition coefficient (Wildman–Crippen LogP) is 5.68. The largest absolute Gasteiger partial charge is 0.416 e. The zero-order valence-electron chi connectivity index (χ0n) is 16.7. The number of hydrogen-bond acceptors (Lipinski definition) is 3. The van der Waals surface area contributed by atoms with Crippen LogP contribution in [0.5, 0.6) is 0 Å². The minimum Gasteiger partial charge on any atom is -0.390 e. The van der Waals surface area contributed by atoms with Crippen molar-refractivity contribution in [3.05, 3.63) is 70.2 Å². The lowest BCUT2D eigenvalue weighted by molar-refractivity contribution is -0.141. The molecule has 1 unspecified atom stereocenters. The zero-order chi connectivity index (χ0) is 22.0. The summed E-state index contributed by atoms with van der Waals surface area (Å²) >= 11 is 6.25. The zero-order valence-corrected chi connectivity index (χ0v) is 17.5. The third kappa shape index (κ3) is 5.03. The lowest BCUT2D eigenvalue weighted by atomic mass is 9.84. The number of amides is 1. The third-order valence-electron chi connectivity index (χ3n) is 5.76. The highest BCUT2D eigenvalue weighted by Crippen LogP contribution is 2.31. The molecule has 0 aromatic heterocycles. The number of carbonyl (C=O) groups is 1. The maximum atomic E-state index is 13.0. The van der Waals surface area contributed by atoms with E-state index in [1.807, 2.05) is 18.2 Å². The number of halogens is 4.